The Morgan fingerprint density at radius 2 is 1.79 bits per heavy atom. The van der Waals surface area contributed by atoms with E-state index in [1.165, 1.54) is 25.7 Å². The Balaban J connectivity index is 0. The Hall–Kier alpha value is -0.550. The molecule has 1 unspecified atom stereocenters. The monoisotopic (exact) mass is 359 g/mol. The zero-order valence-corrected chi connectivity index (χ0v) is 17.7. The van der Waals surface area contributed by atoms with Crippen LogP contribution in [0.3, 0.4) is 0 Å². The molecule has 0 aliphatic rings. The Labute approximate surface area is 153 Å². The van der Waals surface area contributed by atoms with E-state index in [4.69, 9.17) is 8.37 Å². The summed E-state index contributed by atoms with van der Waals surface area (Å²) in [4.78, 5) is 0. The van der Waals surface area contributed by atoms with Crippen LogP contribution < -0.4 is 5.32 Å². The lowest BCUT2D eigenvalue weighted by Crippen LogP contribution is -2.22. The molecule has 3 nitrogen and oxygen atoms in total. The van der Waals surface area contributed by atoms with Gasteiger partial charge in [0.15, 0.2) is 0 Å². The van der Waals surface area contributed by atoms with Crippen molar-refractivity contribution in [2.24, 2.45) is 5.92 Å². The van der Waals surface area contributed by atoms with Crippen LogP contribution in [0.5, 0.6) is 0 Å². The first kappa shape index (κ1) is 25.7. The largest absolute Gasteiger partial charge is 0.312 e. The number of allylic oxidation sites excluding steroid dienone is 2. The third kappa shape index (κ3) is 15.0. The summed E-state index contributed by atoms with van der Waals surface area (Å²) in [5, 5.41) is 3.46. The summed E-state index contributed by atoms with van der Waals surface area (Å²) in [7, 11) is 2.20. The molecule has 0 aromatic heterocycles. The molecule has 0 radical (unpaired) electrons. The molecule has 0 amide bonds. The van der Waals surface area contributed by atoms with E-state index in [0.717, 1.165) is 24.4 Å². The van der Waals surface area contributed by atoms with Gasteiger partial charge in [-0.2, -0.15) is 10.6 Å². The van der Waals surface area contributed by atoms with Crippen molar-refractivity contribution in [2.75, 3.05) is 39.3 Å². The first-order valence-corrected chi connectivity index (χ1v) is 11.1. The Kier molecular flexibility index (Phi) is 18.5. The smallest absolute Gasteiger partial charge is 0.0603 e. The second-order valence-electron chi connectivity index (χ2n) is 5.80. The molecule has 24 heavy (non-hydrogen) atoms. The lowest BCUT2D eigenvalue weighted by atomic mass is 10.0. The van der Waals surface area contributed by atoms with Gasteiger partial charge in [0.05, 0.1) is 14.2 Å². The summed E-state index contributed by atoms with van der Waals surface area (Å²) < 4.78 is 10.9. The Morgan fingerprint density at radius 3 is 2.33 bits per heavy atom. The molecular formula is C20H41NO2S. The van der Waals surface area contributed by atoms with E-state index < -0.39 is 10.6 Å². The standard InChI is InChI=1S/C18H35NO2S.C2H6/c1-7-8-12-17(2)15-19-16-18(3)13-10-9-11-14-22(6,20-4)21-5;1-2/h7-8,12,18-19H,1-2,9-11,13-16H2,3-6H3;1-2H3/b12-8-;. The zero-order chi connectivity index (χ0) is 18.8. The maximum Gasteiger partial charge on any atom is 0.0603 e. The topological polar surface area (TPSA) is 30.5 Å². The predicted octanol–water partition coefficient (Wildman–Crippen LogP) is 5.65. The van der Waals surface area contributed by atoms with Crippen molar-refractivity contribution in [3.05, 3.63) is 37.0 Å². The van der Waals surface area contributed by atoms with E-state index in [1.807, 2.05) is 26.0 Å². The van der Waals surface area contributed by atoms with Gasteiger partial charge in [0, 0.05) is 18.6 Å². The first-order valence-electron chi connectivity index (χ1n) is 9.02. The molecule has 1 atom stereocenters. The SMILES string of the molecule is C=C/C=C\C(=C)CNCC(C)CCCCCS(C)(OC)OC.CC. The summed E-state index contributed by atoms with van der Waals surface area (Å²) in [5.41, 5.74) is 1.09. The fourth-order valence-electron chi connectivity index (χ4n) is 2.11. The van der Waals surface area contributed by atoms with Crippen molar-refractivity contribution in [3.63, 3.8) is 0 Å². The van der Waals surface area contributed by atoms with Crippen LogP contribution in [0.25, 0.3) is 0 Å². The van der Waals surface area contributed by atoms with E-state index in [9.17, 15) is 0 Å². The van der Waals surface area contributed by atoms with E-state index in [0.29, 0.717) is 5.92 Å². The van der Waals surface area contributed by atoms with Gasteiger partial charge in [-0.15, -0.1) is 0 Å². The fraction of sp³-hybridized carbons (Fsp3) is 0.700. The lowest BCUT2D eigenvalue weighted by molar-refractivity contribution is 0.349. The highest BCUT2D eigenvalue weighted by atomic mass is 32.3. The van der Waals surface area contributed by atoms with E-state index in [2.05, 4.69) is 31.7 Å². The molecule has 1 N–H and O–H groups in total. The van der Waals surface area contributed by atoms with Gasteiger partial charge >= 0.3 is 0 Å². The van der Waals surface area contributed by atoms with E-state index in [-0.39, 0.29) is 0 Å². The molecule has 0 aliphatic heterocycles. The minimum absolute atomic E-state index is 0.694. The summed E-state index contributed by atoms with van der Waals surface area (Å²) in [5.74, 6) is 1.72. The van der Waals surface area contributed by atoms with Crippen LogP contribution in [0.4, 0.5) is 0 Å². The minimum atomic E-state index is -1.28. The van der Waals surface area contributed by atoms with Gasteiger partial charge in [-0.05, 0) is 30.9 Å². The van der Waals surface area contributed by atoms with Crippen LogP contribution in [0.15, 0.2) is 37.0 Å². The zero-order valence-electron chi connectivity index (χ0n) is 16.9. The molecule has 0 spiro atoms. The highest BCUT2D eigenvalue weighted by Crippen LogP contribution is 2.45. The normalized spacial score (nSPS) is 13.2. The van der Waals surface area contributed by atoms with Crippen LogP contribution in [0.1, 0.15) is 46.5 Å². The quantitative estimate of drug-likeness (QED) is 0.321. The predicted molar refractivity (Wildman–Crippen MR) is 113 cm³/mol. The molecule has 0 aliphatic carbocycles. The highest BCUT2D eigenvalue weighted by Gasteiger charge is 2.10. The van der Waals surface area contributed by atoms with Crippen LogP contribution in [-0.4, -0.2) is 39.3 Å². The molecule has 0 saturated carbocycles. The Morgan fingerprint density at radius 1 is 1.17 bits per heavy atom. The maximum atomic E-state index is 5.45. The average molecular weight is 360 g/mol. The molecule has 0 aromatic carbocycles. The third-order valence-corrected chi connectivity index (χ3v) is 6.17. The molecule has 0 aromatic rings. The van der Waals surface area contributed by atoms with Gasteiger partial charge in [-0.25, -0.2) is 0 Å². The fourth-order valence-corrected chi connectivity index (χ4v) is 3.31. The number of hydrogen-bond acceptors (Lipinski definition) is 3. The number of unbranched alkanes of at least 4 members (excludes halogenated alkanes) is 2. The summed E-state index contributed by atoms with van der Waals surface area (Å²) >= 11 is 0. The molecule has 4 heteroatoms. The van der Waals surface area contributed by atoms with E-state index >= 15 is 0 Å². The molecule has 144 valence electrons. The first-order chi connectivity index (χ1) is 11.5. The second-order valence-corrected chi connectivity index (χ2v) is 8.73. The number of nitrogens with one attached hydrogen (secondary N) is 1. The van der Waals surface area contributed by atoms with Gasteiger partial charge in [-0.3, -0.25) is 8.37 Å². The second kappa shape index (κ2) is 17.3. The lowest BCUT2D eigenvalue weighted by Gasteiger charge is -2.36. The van der Waals surface area contributed by atoms with Gasteiger partial charge in [0.1, 0.15) is 0 Å². The average Bonchev–Trinajstić information content (AvgIpc) is 2.61. The molecular weight excluding hydrogens is 318 g/mol. The van der Waals surface area contributed by atoms with Gasteiger partial charge in [0.25, 0.3) is 0 Å². The van der Waals surface area contributed by atoms with Crippen molar-refractivity contribution >= 4 is 10.6 Å². The molecule has 0 heterocycles. The van der Waals surface area contributed by atoms with Crippen molar-refractivity contribution in [1.82, 2.24) is 5.32 Å². The molecule has 0 saturated heterocycles. The molecule has 0 rings (SSSR count). The number of rotatable bonds is 14. The molecule has 0 fully saturated rings. The summed E-state index contributed by atoms with van der Waals surface area (Å²) in [6.07, 6.45) is 12.7. The van der Waals surface area contributed by atoms with Crippen LogP contribution in [-0.2, 0) is 8.37 Å². The third-order valence-electron chi connectivity index (χ3n) is 3.73. The van der Waals surface area contributed by atoms with Crippen molar-refractivity contribution in [2.45, 2.75) is 46.5 Å². The van der Waals surface area contributed by atoms with Gasteiger partial charge in [0.2, 0.25) is 0 Å². The number of hydrogen-bond donors (Lipinski definition) is 1. The van der Waals surface area contributed by atoms with Gasteiger partial charge in [-0.1, -0.05) is 65.0 Å². The van der Waals surface area contributed by atoms with Crippen LogP contribution in [0, 0.1) is 5.92 Å². The highest BCUT2D eigenvalue weighted by molar-refractivity contribution is 8.25. The summed E-state index contributed by atoms with van der Waals surface area (Å²) in [6, 6.07) is 0. The van der Waals surface area contributed by atoms with Crippen LogP contribution >= 0.6 is 10.6 Å². The van der Waals surface area contributed by atoms with Crippen molar-refractivity contribution < 1.29 is 8.37 Å². The van der Waals surface area contributed by atoms with E-state index in [1.54, 1.807) is 20.3 Å². The van der Waals surface area contributed by atoms with Gasteiger partial charge < -0.3 is 5.32 Å². The minimum Gasteiger partial charge on any atom is -0.312 e. The molecule has 0 bridgehead atoms. The van der Waals surface area contributed by atoms with Crippen molar-refractivity contribution in [3.8, 4) is 0 Å². The summed E-state index contributed by atoms with van der Waals surface area (Å²) in [6.45, 7) is 15.8. The Bertz CT molecular complexity index is 339. The van der Waals surface area contributed by atoms with Crippen molar-refractivity contribution in [1.29, 1.82) is 0 Å². The maximum absolute atomic E-state index is 5.45. The van der Waals surface area contributed by atoms with Crippen LogP contribution in [0.2, 0.25) is 0 Å².